The Hall–Kier alpha value is -2.15. The van der Waals surface area contributed by atoms with Crippen molar-refractivity contribution in [2.24, 2.45) is 0 Å². The number of thiazole rings is 1. The minimum atomic E-state index is -1.07. The molecule has 6 nitrogen and oxygen atoms in total. The van der Waals surface area contributed by atoms with Crippen LogP contribution in [0.3, 0.4) is 0 Å². The van der Waals surface area contributed by atoms with Crippen LogP contribution >= 0.6 is 11.3 Å². The maximum atomic E-state index is 12.9. The van der Waals surface area contributed by atoms with Crippen LogP contribution in [0, 0.1) is 6.92 Å². The number of likely N-dealkylation sites (tertiary alicyclic amines) is 1. The van der Waals surface area contributed by atoms with Gasteiger partial charge in [0.25, 0.3) is 5.91 Å². The van der Waals surface area contributed by atoms with E-state index in [0.717, 1.165) is 30.0 Å². The third-order valence-electron chi connectivity index (χ3n) is 4.26. The molecule has 1 saturated heterocycles. The molecule has 24 heavy (non-hydrogen) atoms. The summed E-state index contributed by atoms with van der Waals surface area (Å²) in [7, 11) is 0. The van der Waals surface area contributed by atoms with Crippen molar-refractivity contribution in [3.8, 4) is 0 Å². The zero-order valence-electron chi connectivity index (χ0n) is 13.7. The number of aryl methyl sites for hydroxylation is 2. The Labute approximate surface area is 144 Å². The second kappa shape index (κ2) is 6.76. The fourth-order valence-corrected chi connectivity index (χ4v) is 4.02. The van der Waals surface area contributed by atoms with Crippen molar-refractivity contribution in [3.63, 3.8) is 0 Å². The lowest BCUT2D eigenvalue weighted by Gasteiger charge is -2.33. The van der Waals surface area contributed by atoms with E-state index in [2.05, 4.69) is 4.98 Å². The first-order valence-corrected chi connectivity index (χ1v) is 8.98. The Morgan fingerprint density at radius 1 is 1.46 bits per heavy atom. The highest BCUT2D eigenvalue weighted by atomic mass is 32.1. The van der Waals surface area contributed by atoms with Crippen molar-refractivity contribution in [1.82, 2.24) is 9.88 Å². The normalized spacial score (nSPS) is 17.9. The number of nitrogens with zero attached hydrogens (tertiary/aromatic N) is 2. The Morgan fingerprint density at radius 2 is 2.25 bits per heavy atom. The highest BCUT2D eigenvalue weighted by Gasteiger charge is 2.33. The summed E-state index contributed by atoms with van der Waals surface area (Å²) >= 11 is 1.56. The molecule has 1 aliphatic rings. The SMILES string of the molecule is CCc1oc(C(=O)N2CCCCC2c2nc(C)cs2)cc1C(=O)O. The summed E-state index contributed by atoms with van der Waals surface area (Å²) in [6, 6.07) is 1.29. The molecule has 128 valence electrons. The summed E-state index contributed by atoms with van der Waals surface area (Å²) in [5.74, 6) is -0.885. The van der Waals surface area contributed by atoms with Gasteiger partial charge < -0.3 is 14.4 Å². The van der Waals surface area contributed by atoms with Gasteiger partial charge in [0.2, 0.25) is 0 Å². The number of aromatic carboxylic acids is 1. The number of carboxylic acids is 1. The van der Waals surface area contributed by atoms with E-state index in [4.69, 9.17) is 4.42 Å². The van der Waals surface area contributed by atoms with Crippen LogP contribution in [0.5, 0.6) is 0 Å². The van der Waals surface area contributed by atoms with Crippen LogP contribution in [0.4, 0.5) is 0 Å². The van der Waals surface area contributed by atoms with Gasteiger partial charge in [-0.05, 0) is 26.2 Å². The van der Waals surface area contributed by atoms with Gasteiger partial charge in [-0.1, -0.05) is 6.92 Å². The predicted molar refractivity (Wildman–Crippen MR) is 89.5 cm³/mol. The largest absolute Gasteiger partial charge is 0.478 e. The quantitative estimate of drug-likeness (QED) is 0.911. The lowest BCUT2D eigenvalue weighted by Crippen LogP contribution is -2.38. The van der Waals surface area contributed by atoms with Gasteiger partial charge >= 0.3 is 5.97 Å². The molecule has 1 amide bonds. The van der Waals surface area contributed by atoms with E-state index in [1.54, 1.807) is 16.2 Å². The Balaban J connectivity index is 1.91. The number of carboxylic acid groups (broad SMARTS) is 1. The van der Waals surface area contributed by atoms with Crippen LogP contribution in [-0.2, 0) is 6.42 Å². The van der Waals surface area contributed by atoms with Crippen molar-refractivity contribution >= 4 is 23.2 Å². The highest BCUT2D eigenvalue weighted by Crippen LogP contribution is 2.34. The van der Waals surface area contributed by atoms with Crippen molar-refractivity contribution in [2.75, 3.05) is 6.54 Å². The number of aromatic nitrogens is 1. The van der Waals surface area contributed by atoms with E-state index < -0.39 is 5.97 Å². The molecule has 0 radical (unpaired) electrons. The summed E-state index contributed by atoms with van der Waals surface area (Å²) in [5.41, 5.74) is 1.02. The van der Waals surface area contributed by atoms with Crippen LogP contribution in [0.2, 0.25) is 0 Å². The van der Waals surface area contributed by atoms with E-state index in [0.29, 0.717) is 18.7 Å². The van der Waals surface area contributed by atoms with Crippen LogP contribution in [-0.4, -0.2) is 33.4 Å². The third-order valence-corrected chi connectivity index (χ3v) is 5.32. The second-order valence-corrected chi connectivity index (χ2v) is 6.83. The first-order chi connectivity index (χ1) is 11.5. The number of hydrogen-bond donors (Lipinski definition) is 1. The first kappa shape index (κ1) is 16.7. The van der Waals surface area contributed by atoms with Crippen molar-refractivity contribution in [2.45, 2.75) is 45.6 Å². The highest BCUT2D eigenvalue weighted by molar-refractivity contribution is 7.09. The molecule has 1 fully saturated rings. The van der Waals surface area contributed by atoms with Crippen molar-refractivity contribution in [3.05, 3.63) is 39.2 Å². The predicted octanol–water partition coefficient (Wildman–Crippen LogP) is 3.67. The third kappa shape index (κ3) is 3.08. The molecule has 2 aromatic heterocycles. The molecule has 7 heteroatoms. The van der Waals surface area contributed by atoms with E-state index in [-0.39, 0.29) is 23.3 Å². The molecule has 3 rings (SSSR count). The number of furan rings is 1. The van der Waals surface area contributed by atoms with Gasteiger partial charge in [-0.25, -0.2) is 9.78 Å². The number of piperidine rings is 1. The molecule has 1 N–H and O–H groups in total. The number of carbonyl (C=O) groups excluding carboxylic acids is 1. The maximum Gasteiger partial charge on any atom is 0.339 e. The molecule has 1 aliphatic heterocycles. The lowest BCUT2D eigenvalue weighted by atomic mass is 10.0. The monoisotopic (exact) mass is 348 g/mol. The fraction of sp³-hybridized carbons (Fsp3) is 0.471. The topological polar surface area (TPSA) is 83.6 Å². The molecule has 2 aromatic rings. The molecule has 0 spiro atoms. The minimum absolute atomic E-state index is 0.0617. The van der Waals surface area contributed by atoms with Gasteiger partial charge in [0, 0.05) is 30.1 Å². The van der Waals surface area contributed by atoms with Crippen LogP contribution in [0.15, 0.2) is 15.9 Å². The van der Waals surface area contributed by atoms with Crippen LogP contribution in [0.25, 0.3) is 0 Å². The summed E-state index contributed by atoms with van der Waals surface area (Å²) in [4.78, 5) is 30.5. The smallest absolute Gasteiger partial charge is 0.339 e. The van der Waals surface area contributed by atoms with E-state index >= 15 is 0 Å². The number of hydrogen-bond acceptors (Lipinski definition) is 5. The van der Waals surface area contributed by atoms with Gasteiger partial charge in [-0.15, -0.1) is 11.3 Å². The summed E-state index contributed by atoms with van der Waals surface area (Å²) in [5, 5.41) is 12.2. The fourth-order valence-electron chi connectivity index (χ4n) is 3.08. The first-order valence-electron chi connectivity index (χ1n) is 8.10. The van der Waals surface area contributed by atoms with Crippen molar-refractivity contribution < 1.29 is 19.1 Å². The van der Waals surface area contributed by atoms with Crippen LogP contribution < -0.4 is 0 Å². The molecule has 1 unspecified atom stereocenters. The second-order valence-electron chi connectivity index (χ2n) is 5.94. The summed E-state index contributed by atoms with van der Waals surface area (Å²) < 4.78 is 5.54. The minimum Gasteiger partial charge on any atom is -0.478 e. The summed E-state index contributed by atoms with van der Waals surface area (Å²) in [6.45, 7) is 4.38. The molecule has 0 aliphatic carbocycles. The van der Waals surface area contributed by atoms with Gasteiger partial charge in [-0.2, -0.15) is 0 Å². The number of carbonyl (C=O) groups is 2. The average Bonchev–Trinajstić information content (AvgIpc) is 3.20. The molecule has 0 saturated carbocycles. The summed E-state index contributed by atoms with van der Waals surface area (Å²) in [6.07, 6.45) is 3.28. The van der Waals surface area contributed by atoms with Gasteiger partial charge in [0.05, 0.1) is 6.04 Å². The molecule has 3 heterocycles. The van der Waals surface area contributed by atoms with Crippen molar-refractivity contribution in [1.29, 1.82) is 0 Å². The number of rotatable bonds is 4. The van der Waals surface area contributed by atoms with Gasteiger partial charge in [-0.3, -0.25) is 4.79 Å². The molecule has 1 atom stereocenters. The zero-order chi connectivity index (χ0) is 17.3. The Bertz CT molecular complexity index is 764. The van der Waals surface area contributed by atoms with E-state index in [1.165, 1.54) is 6.07 Å². The van der Waals surface area contributed by atoms with Crippen LogP contribution in [0.1, 0.15) is 69.6 Å². The molecule has 0 bridgehead atoms. The average molecular weight is 348 g/mol. The van der Waals surface area contributed by atoms with Gasteiger partial charge in [0.1, 0.15) is 16.3 Å². The van der Waals surface area contributed by atoms with E-state index in [1.807, 2.05) is 19.2 Å². The Morgan fingerprint density at radius 3 is 2.83 bits per heavy atom. The maximum absolute atomic E-state index is 12.9. The Kier molecular flexibility index (Phi) is 4.71. The zero-order valence-corrected chi connectivity index (χ0v) is 14.6. The standard InChI is InChI=1S/C17H20N2O4S/c1-3-13-11(17(21)22)8-14(23-13)16(20)19-7-5-4-6-12(19)15-18-10(2)9-24-15/h8-9,12H,3-7H2,1-2H3,(H,21,22). The van der Waals surface area contributed by atoms with Gasteiger partial charge in [0.15, 0.2) is 5.76 Å². The molecule has 0 aromatic carbocycles. The van der Waals surface area contributed by atoms with E-state index in [9.17, 15) is 14.7 Å². The number of amides is 1. The molecular formula is C17H20N2O4S. The molecular weight excluding hydrogens is 328 g/mol. The lowest BCUT2D eigenvalue weighted by molar-refractivity contribution is 0.0576.